The van der Waals surface area contributed by atoms with E-state index in [1.54, 1.807) is 13.8 Å². The van der Waals surface area contributed by atoms with E-state index in [-0.39, 0.29) is 17.3 Å². The second kappa shape index (κ2) is 6.53. The van der Waals surface area contributed by atoms with Crippen LogP contribution >= 0.6 is 0 Å². The molecular formula is C13H14F2N2O3. The van der Waals surface area contributed by atoms with Crippen molar-refractivity contribution in [1.29, 1.82) is 0 Å². The Kier molecular flexibility index (Phi) is 4.75. The van der Waals surface area contributed by atoms with E-state index in [1.165, 1.54) is 0 Å². The van der Waals surface area contributed by atoms with E-state index in [4.69, 9.17) is 14.0 Å². The van der Waals surface area contributed by atoms with Crippen LogP contribution in [-0.2, 0) is 9.47 Å². The molecule has 1 aromatic carbocycles. The number of rotatable bonds is 6. The van der Waals surface area contributed by atoms with Gasteiger partial charge in [-0.25, -0.2) is 8.78 Å². The quantitative estimate of drug-likeness (QED) is 0.763. The van der Waals surface area contributed by atoms with Crippen molar-refractivity contribution in [2.24, 2.45) is 0 Å². The average molecular weight is 284 g/mol. The highest BCUT2D eigenvalue weighted by Crippen LogP contribution is 2.23. The fourth-order valence-corrected chi connectivity index (χ4v) is 1.62. The summed E-state index contributed by atoms with van der Waals surface area (Å²) in [6.45, 7) is 4.39. The Morgan fingerprint density at radius 2 is 1.70 bits per heavy atom. The SMILES string of the molecule is CCOC(OCC)c1nc(-c2cc(F)cc(F)c2)no1. The third-order valence-electron chi connectivity index (χ3n) is 2.40. The molecule has 1 heterocycles. The van der Waals surface area contributed by atoms with Crippen molar-refractivity contribution >= 4 is 0 Å². The van der Waals surface area contributed by atoms with Crippen LogP contribution in [0.3, 0.4) is 0 Å². The van der Waals surface area contributed by atoms with E-state index >= 15 is 0 Å². The number of ether oxygens (including phenoxy) is 2. The third kappa shape index (κ3) is 3.37. The molecule has 108 valence electrons. The van der Waals surface area contributed by atoms with Gasteiger partial charge in [0.1, 0.15) is 11.6 Å². The maximum absolute atomic E-state index is 13.1. The number of aromatic nitrogens is 2. The van der Waals surface area contributed by atoms with Gasteiger partial charge in [-0.1, -0.05) is 5.16 Å². The molecule has 2 aromatic rings. The van der Waals surface area contributed by atoms with Crippen LogP contribution in [0.2, 0.25) is 0 Å². The summed E-state index contributed by atoms with van der Waals surface area (Å²) >= 11 is 0. The predicted octanol–water partition coefficient (Wildman–Crippen LogP) is 3.09. The number of hydrogen-bond donors (Lipinski definition) is 0. The molecule has 0 N–H and O–H groups in total. The van der Waals surface area contributed by atoms with Crippen molar-refractivity contribution in [3.8, 4) is 11.4 Å². The van der Waals surface area contributed by atoms with Crippen molar-refractivity contribution < 1.29 is 22.8 Å². The van der Waals surface area contributed by atoms with Crippen LogP contribution in [0.25, 0.3) is 11.4 Å². The third-order valence-corrected chi connectivity index (χ3v) is 2.40. The van der Waals surface area contributed by atoms with Gasteiger partial charge in [0.05, 0.1) is 0 Å². The van der Waals surface area contributed by atoms with E-state index in [1.807, 2.05) is 0 Å². The summed E-state index contributed by atoms with van der Waals surface area (Å²) in [4.78, 5) is 4.04. The van der Waals surface area contributed by atoms with Crippen LogP contribution in [0.4, 0.5) is 8.78 Å². The summed E-state index contributed by atoms with van der Waals surface area (Å²) in [6.07, 6.45) is -0.787. The second-order valence-corrected chi connectivity index (χ2v) is 3.86. The molecule has 0 radical (unpaired) electrons. The molecule has 0 aliphatic heterocycles. The highest BCUT2D eigenvalue weighted by molar-refractivity contribution is 5.54. The summed E-state index contributed by atoms with van der Waals surface area (Å²) in [5.41, 5.74) is 0.184. The maximum atomic E-state index is 13.1. The zero-order valence-corrected chi connectivity index (χ0v) is 11.1. The number of halogens is 2. The molecule has 0 atom stereocenters. The summed E-state index contributed by atoms with van der Waals surface area (Å²) in [6, 6.07) is 3.01. The smallest absolute Gasteiger partial charge is 0.283 e. The first kappa shape index (κ1) is 14.5. The largest absolute Gasteiger partial charge is 0.345 e. The summed E-state index contributed by atoms with van der Waals surface area (Å²) in [5, 5.41) is 3.67. The minimum Gasteiger partial charge on any atom is -0.345 e. The van der Waals surface area contributed by atoms with Crippen LogP contribution in [0.5, 0.6) is 0 Å². The highest BCUT2D eigenvalue weighted by atomic mass is 19.1. The fourth-order valence-electron chi connectivity index (χ4n) is 1.62. The van der Waals surface area contributed by atoms with Crippen molar-refractivity contribution in [2.75, 3.05) is 13.2 Å². The molecule has 0 unspecified atom stereocenters. The van der Waals surface area contributed by atoms with Crippen molar-refractivity contribution in [3.63, 3.8) is 0 Å². The number of nitrogens with zero attached hydrogens (tertiary/aromatic N) is 2. The fraction of sp³-hybridized carbons (Fsp3) is 0.385. The monoisotopic (exact) mass is 284 g/mol. The van der Waals surface area contributed by atoms with Crippen LogP contribution in [0.1, 0.15) is 26.0 Å². The van der Waals surface area contributed by atoms with E-state index in [2.05, 4.69) is 10.1 Å². The Balaban J connectivity index is 2.27. The molecule has 0 spiro atoms. The molecule has 0 aliphatic carbocycles. The van der Waals surface area contributed by atoms with Gasteiger partial charge in [0.25, 0.3) is 5.89 Å². The van der Waals surface area contributed by atoms with Gasteiger partial charge in [-0.3, -0.25) is 0 Å². The summed E-state index contributed by atoms with van der Waals surface area (Å²) < 4.78 is 41.9. The van der Waals surface area contributed by atoms with Gasteiger partial charge < -0.3 is 14.0 Å². The van der Waals surface area contributed by atoms with Crippen LogP contribution < -0.4 is 0 Å². The Bertz CT molecular complexity index is 548. The van der Waals surface area contributed by atoms with Gasteiger partial charge in [0.15, 0.2) is 0 Å². The predicted molar refractivity (Wildman–Crippen MR) is 65.6 cm³/mol. The lowest BCUT2D eigenvalue weighted by Crippen LogP contribution is -2.09. The van der Waals surface area contributed by atoms with Crippen molar-refractivity contribution in [1.82, 2.24) is 10.1 Å². The topological polar surface area (TPSA) is 57.4 Å². The molecule has 0 bridgehead atoms. The normalized spacial score (nSPS) is 11.2. The van der Waals surface area contributed by atoms with Gasteiger partial charge >= 0.3 is 0 Å². The van der Waals surface area contributed by atoms with Gasteiger partial charge in [0, 0.05) is 24.8 Å². The molecular weight excluding hydrogens is 270 g/mol. The molecule has 0 fully saturated rings. The summed E-state index contributed by atoms with van der Waals surface area (Å²) in [5.74, 6) is -1.24. The van der Waals surface area contributed by atoms with E-state index in [9.17, 15) is 8.78 Å². The van der Waals surface area contributed by atoms with E-state index < -0.39 is 17.9 Å². The van der Waals surface area contributed by atoms with E-state index in [0.29, 0.717) is 13.2 Å². The van der Waals surface area contributed by atoms with Crippen LogP contribution in [0, 0.1) is 11.6 Å². The van der Waals surface area contributed by atoms with E-state index in [0.717, 1.165) is 18.2 Å². The molecule has 0 saturated carbocycles. The van der Waals surface area contributed by atoms with Gasteiger partial charge in [0.2, 0.25) is 12.1 Å². The van der Waals surface area contributed by atoms with Crippen LogP contribution in [0.15, 0.2) is 22.7 Å². The second-order valence-electron chi connectivity index (χ2n) is 3.86. The van der Waals surface area contributed by atoms with Crippen molar-refractivity contribution in [3.05, 3.63) is 35.7 Å². The maximum Gasteiger partial charge on any atom is 0.283 e. The first-order valence-electron chi connectivity index (χ1n) is 6.17. The number of hydrogen-bond acceptors (Lipinski definition) is 5. The zero-order valence-electron chi connectivity index (χ0n) is 11.1. The zero-order chi connectivity index (χ0) is 14.5. The van der Waals surface area contributed by atoms with Gasteiger partial charge in [-0.05, 0) is 26.0 Å². The summed E-state index contributed by atoms with van der Waals surface area (Å²) in [7, 11) is 0. The molecule has 0 saturated heterocycles. The molecule has 0 amide bonds. The minimum absolute atomic E-state index is 0.0720. The first-order chi connectivity index (χ1) is 9.63. The molecule has 2 rings (SSSR count). The lowest BCUT2D eigenvalue weighted by Gasteiger charge is -2.11. The molecule has 0 aliphatic rings. The Labute approximate surface area is 114 Å². The van der Waals surface area contributed by atoms with Crippen LogP contribution in [-0.4, -0.2) is 23.4 Å². The molecule has 7 heteroatoms. The van der Waals surface area contributed by atoms with Gasteiger partial charge in [-0.2, -0.15) is 4.98 Å². The molecule has 20 heavy (non-hydrogen) atoms. The Hall–Kier alpha value is -1.86. The molecule has 1 aromatic heterocycles. The number of benzene rings is 1. The molecule has 5 nitrogen and oxygen atoms in total. The standard InChI is InChI=1S/C13H14F2N2O3/c1-3-18-13(19-4-2)12-16-11(17-20-12)8-5-9(14)7-10(15)6-8/h5-7,13H,3-4H2,1-2H3. The lowest BCUT2D eigenvalue weighted by atomic mass is 10.2. The van der Waals surface area contributed by atoms with Crippen molar-refractivity contribution in [2.45, 2.75) is 20.1 Å². The Morgan fingerprint density at radius 3 is 2.25 bits per heavy atom. The van der Waals surface area contributed by atoms with Gasteiger partial charge in [-0.15, -0.1) is 0 Å². The highest BCUT2D eigenvalue weighted by Gasteiger charge is 2.20. The lowest BCUT2D eigenvalue weighted by molar-refractivity contribution is -0.155. The minimum atomic E-state index is -0.787. The first-order valence-corrected chi connectivity index (χ1v) is 6.17. The Morgan fingerprint density at radius 1 is 1.10 bits per heavy atom. The average Bonchev–Trinajstić information content (AvgIpc) is 2.87.